The Bertz CT molecular complexity index is 482. The van der Waals surface area contributed by atoms with Gasteiger partial charge in [-0.3, -0.25) is 0 Å². The topological polar surface area (TPSA) is 84.2 Å². The van der Waals surface area contributed by atoms with Gasteiger partial charge in [0.05, 0.1) is 18.0 Å². The maximum absolute atomic E-state index is 12.0. The first-order valence-electron chi connectivity index (χ1n) is 6.50. The summed E-state index contributed by atoms with van der Waals surface area (Å²) in [5.74, 6) is 1.15. The van der Waals surface area contributed by atoms with Crippen LogP contribution in [0.15, 0.2) is 10.6 Å². The summed E-state index contributed by atoms with van der Waals surface area (Å²) in [5, 5.41) is 2.60. The van der Waals surface area contributed by atoms with Crippen molar-refractivity contribution in [3.63, 3.8) is 0 Å². The normalized spacial score (nSPS) is 13.9. The van der Waals surface area contributed by atoms with E-state index in [1.165, 1.54) is 0 Å². The Hall–Kier alpha value is -0.920. The van der Waals surface area contributed by atoms with Crippen molar-refractivity contribution < 1.29 is 12.8 Å². The highest BCUT2D eigenvalue weighted by atomic mass is 32.2. The van der Waals surface area contributed by atoms with Crippen LogP contribution in [0.3, 0.4) is 0 Å². The molecule has 0 aliphatic heterocycles. The van der Waals surface area contributed by atoms with Crippen molar-refractivity contribution in [2.75, 3.05) is 6.54 Å². The molecule has 0 saturated carbocycles. The molecule has 2 N–H and O–H groups in total. The second-order valence-corrected chi connectivity index (χ2v) is 7.00. The molecular formula is C12H23N3O3S. The van der Waals surface area contributed by atoms with Gasteiger partial charge in [-0.25, -0.2) is 18.1 Å². The first-order valence-corrected chi connectivity index (χ1v) is 8.05. The van der Waals surface area contributed by atoms with Gasteiger partial charge < -0.3 is 9.73 Å². The summed E-state index contributed by atoms with van der Waals surface area (Å²) in [6, 6.07) is 0.261. The van der Waals surface area contributed by atoms with Gasteiger partial charge in [-0.05, 0) is 6.92 Å². The molecule has 0 radical (unpaired) electrons. The van der Waals surface area contributed by atoms with Crippen molar-refractivity contribution in [2.24, 2.45) is 0 Å². The summed E-state index contributed by atoms with van der Waals surface area (Å²) in [7, 11) is -3.36. The van der Waals surface area contributed by atoms with Crippen LogP contribution >= 0.6 is 0 Å². The number of nitrogens with one attached hydrogen (secondary N) is 2. The number of rotatable bonds is 8. The molecular weight excluding hydrogens is 266 g/mol. The second-order valence-electron chi connectivity index (χ2n) is 4.81. The average Bonchev–Trinajstić information content (AvgIpc) is 2.81. The molecule has 0 aliphatic carbocycles. The Balaban J connectivity index is 2.49. The maximum atomic E-state index is 12.0. The van der Waals surface area contributed by atoms with E-state index in [0.717, 1.165) is 12.2 Å². The Morgan fingerprint density at radius 1 is 1.37 bits per heavy atom. The zero-order chi connectivity index (χ0) is 14.5. The summed E-state index contributed by atoms with van der Waals surface area (Å²) >= 11 is 0. The first kappa shape index (κ1) is 16.1. The van der Waals surface area contributed by atoms with Gasteiger partial charge in [0, 0.05) is 19.0 Å². The van der Waals surface area contributed by atoms with E-state index in [0.29, 0.717) is 12.4 Å². The van der Waals surface area contributed by atoms with E-state index in [2.05, 4.69) is 15.0 Å². The molecule has 0 bridgehead atoms. The molecule has 6 nitrogen and oxygen atoms in total. The molecule has 0 amide bonds. The van der Waals surface area contributed by atoms with E-state index in [4.69, 9.17) is 4.42 Å². The maximum Gasteiger partial charge on any atom is 0.215 e. The third kappa shape index (κ3) is 5.30. The van der Waals surface area contributed by atoms with E-state index in [9.17, 15) is 8.42 Å². The molecule has 0 saturated heterocycles. The third-order valence-corrected chi connectivity index (χ3v) is 4.49. The lowest BCUT2D eigenvalue weighted by molar-refractivity contribution is 0.450. The minimum atomic E-state index is -3.36. The molecule has 110 valence electrons. The van der Waals surface area contributed by atoms with Crippen molar-refractivity contribution in [1.82, 2.24) is 15.0 Å². The van der Waals surface area contributed by atoms with Crippen molar-refractivity contribution >= 4 is 10.0 Å². The predicted molar refractivity (Wildman–Crippen MR) is 74.2 cm³/mol. The number of nitrogens with zero attached hydrogens (tertiary/aromatic N) is 1. The Labute approximate surface area is 115 Å². The van der Waals surface area contributed by atoms with Crippen molar-refractivity contribution in [1.29, 1.82) is 0 Å². The Morgan fingerprint density at radius 3 is 2.58 bits per heavy atom. The highest BCUT2D eigenvalue weighted by Crippen LogP contribution is 2.05. The fourth-order valence-electron chi connectivity index (χ4n) is 1.41. The number of sulfonamides is 1. The minimum absolute atomic E-state index is 0.0916. The van der Waals surface area contributed by atoms with Crippen LogP contribution in [0, 0.1) is 0 Å². The van der Waals surface area contributed by atoms with Crippen LogP contribution in [0.2, 0.25) is 0 Å². The van der Waals surface area contributed by atoms with Crippen LogP contribution in [-0.4, -0.2) is 31.2 Å². The van der Waals surface area contributed by atoms with Gasteiger partial charge in [0.1, 0.15) is 5.76 Å². The summed E-state index contributed by atoms with van der Waals surface area (Å²) in [5.41, 5.74) is 0. The molecule has 7 heteroatoms. The van der Waals surface area contributed by atoms with Crippen molar-refractivity contribution in [3.05, 3.63) is 17.8 Å². The SMILES string of the molecule is CCc1cnc(CNS(=O)(=O)C(C)CNC(C)C)o1. The number of hydrogen-bond acceptors (Lipinski definition) is 5. The van der Waals surface area contributed by atoms with Crippen LogP contribution in [0.1, 0.15) is 39.3 Å². The quantitative estimate of drug-likeness (QED) is 0.747. The monoisotopic (exact) mass is 289 g/mol. The fourth-order valence-corrected chi connectivity index (χ4v) is 2.33. The van der Waals surface area contributed by atoms with Gasteiger partial charge in [-0.2, -0.15) is 0 Å². The summed E-state index contributed by atoms with van der Waals surface area (Å²) in [6.45, 7) is 8.09. The van der Waals surface area contributed by atoms with Crippen LogP contribution in [0.5, 0.6) is 0 Å². The molecule has 1 unspecified atom stereocenters. The number of oxazole rings is 1. The third-order valence-electron chi connectivity index (χ3n) is 2.72. The van der Waals surface area contributed by atoms with Gasteiger partial charge in [-0.1, -0.05) is 20.8 Å². The van der Waals surface area contributed by atoms with E-state index in [1.54, 1.807) is 13.1 Å². The molecule has 0 fully saturated rings. The van der Waals surface area contributed by atoms with Gasteiger partial charge in [0.15, 0.2) is 0 Å². The van der Waals surface area contributed by atoms with E-state index in [1.807, 2.05) is 20.8 Å². The van der Waals surface area contributed by atoms with E-state index in [-0.39, 0.29) is 12.6 Å². The minimum Gasteiger partial charge on any atom is -0.444 e. The molecule has 1 heterocycles. The highest BCUT2D eigenvalue weighted by molar-refractivity contribution is 7.90. The van der Waals surface area contributed by atoms with Gasteiger partial charge in [0.2, 0.25) is 15.9 Å². The lowest BCUT2D eigenvalue weighted by atomic mass is 10.3. The smallest absolute Gasteiger partial charge is 0.215 e. The Kier molecular flexibility index (Phi) is 5.96. The van der Waals surface area contributed by atoms with E-state index >= 15 is 0 Å². The summed E-state index contributed by atoms with van der Waals surface area (Å²) < 4.78 is 31.8. The first-order chi connectivity index (χ1) is 8.85. The average molecular weight is 289 g/mol. The van der Waals surface area contributed by atoms with Crippen LogP contribution < -0.4 is 10.0 Å². The van der Waals surface area contributed by atoms with Crippen molar-refractivity contribution in [3.8, 4) is 0 Å². The molecule has 0 spiro atoms. The number of aryl methyl sites for hydroxylation is 1. The summed E-state index contributed by atoms with van der Waals surface area (Å²) in [6.07, 6.45) is 2.36. The lowest BCUT2D eigenvalue weighted by Gasteiger charge is -2.15. The molecule has 1 aromatic rings. The Morgan fingerprint density at radius 2 is 2.05 bits per heavy atom. The van der Waals surface area contributed by atoms with Gasteiger partial charge in [-0.15, -0.1) is 0 Å². The molecule has 0 aromatic carbocycles. The van der Waals surface area contributed by atoms with E-state index < -0.39 is 15.3 Å². The standard InChI is InChI=1S/C12H23N3O3S/c1-5-11-7-14-12(18-11)8-15-19(16,17)10(4)6-13-9(2)3/h7,9-10,13,15H,5-6,8H2,1-4H3. The van der Waals surface area contributed by atoms with Crippen LogP contribution in [-0.2, 0) is 23.0 Å². The lowest BCUT2D eigenvalue weighted by Crippen LogP contribution is -2.40. The molecule has 1 atom stereocenters. The molecule has 1 rings (SSSR count). The summed E-state index contributed by atoms with van der Waals surface area (Å²) in [4.78, 5) is 4.01. The van der Waals surface area contributed by atoms with Crippen molar-refractivity contribution in [2.45, 2.75) is 52.0 Å². The molecule has 1 aromatic heterocycles. The number of aromatic nitrogens is 1. The largest absolute Gasteiger partial charge is 0.444 e. The molecule has 19 heavy (non-hydrogen) atoms. The van der Waals surface area contributed by atoms with Crippen LogP contribution in [0.25, 0.3) is 0 Å². The number of hydrogen-bond donors (Lipinski definition) is 2. The molecule has 0 aliphatic rings. The van der Waals surface area contributed by atoms with Crippen LogP contribution in [0.4, 0.5) is 0 Å². The van der Waals surface area contributed by atoms with Gasteiger partial charge in [0.25, 0.3) is 0 Å². The highest BCUT2D eigenvalue weighted by Gasteiger charge is 2.21. The fraction of sp³-hybridized carbons (Fsp3) is 0.750. The zero-order valence-corrected chi connectivity index (χ0v) is 12.8. The van der Waals surface area contributed by atoms with Gasteiger partial charge >= 0.3 is 0 Å². The second kappa shape index (κ2) is 7.02. The zero-order valence-electron chi connectivity index (χ0n) is 11.9. The predicted octanol–water partition coefficient (Wildman–Crippen LogP) is 1.04.